The molecule has 132 valence electrons. The third-order valence-electron chi connectivity index (χ3n) is 5.38. The van der Waals surface area contributed by atoms with Crippen LogP contribution in [0.2, 0.25) is 0 Å². The van der Waals surface area contributed by atoms with E-state index in [2.05, 4.69) is 34.0 Å². The van der Waals surface area contributed by atoms with E-state index in [1.807, 2.05) is 18.5 Å². The summed E-state index contributed by atoms with van der Waals surface area (Å²) in [5.41, 5.74) is 4.29. The molecule has 3 aromatic rings. The molecule has 0 N–H and O–H groups in total. The molecular weight excluding hydrogens is 324 g/mol. The average molecular weight is 346 g/mol. The van der Waals surface area contributed by atoms with Gasteiger partial charge in [-0.2, -0.15) is 5.10 Å². The van der Waals surface area contributed by atoms with Crippen LogP contribution in [0.5, 0.6) is 0 Å². The van der Waals surface area contributed by atoms with E-state index in [1.54, 1.807) is 6.20 Å². The van der Waals surface area contributed by atoms with Gasteiger partial charge in [0, 0.05) is 35.9 Å². The smallest absolute Gasteiger partial charge is 0.150 e. The Morgan fingerprint density at radius 3 is 2.81 bits per heavy atom. The van der Waals surface area contributed by atoms with Crippen LogP contribution in [0.4, 0.5) is 0 Å². The van der Waals surface area contributed by atoms with Crippen molar-refractivity contribution in [2.24, 2.45) is 0 Å². The summed E-state index contributed by atoms with van der Waals surface area (Å²) in [7, 11) is 0. The van der Waals surface area contributed by atoms with Crippen LogP contribution in [0, 0.1) is 0 Å². The summed E-state index contributed by atoms with van der Waals surface area (Å²) in [5.74, 6) is 0.410. The first kappa shape index (κ1) is 15.7. The van der Waals surface area contributed by atoms with Gasteiger partial charge in [-0.05, 0) is 50.3 Å². The van der Waals surface area contributed by atoms with Gasteiger partial charge in [0.25, 0.3) is 0 Å². The summed E-state index contributed by atoms with van der Waals surface area (Å²) < 4.78 is 8.08. The highest BCUT2D eigenvalue weighted by Crippen LogP contribution is 2.37. The topological polar surface area (TPSA) is 52.8 Å². The van der Waals surface area contributed by atoms with Crippen LogP contribution >= 0.6 is 0 Å². The highest BCUT2D eigenvalue weighted by atomic mass is 16.5. The summed E-state index contributed by atoms with van der Waals surface area (Å²) in [5, 5.41) is 5.84. The SMILES string of the molecule is C1=CCC(c2nc(-c3cccnc3)cc3cnn(C4CCCCO4)c23)C1. The van der Waals surface area contributed by atoms with Crippen LogP contribution < -0.4 is 0 Å². The minimum absolute atomic E-state index is 0.0282. The molecule has 5 heteroatoms. The van der Waals surface area contributed by atoms with E-state index in [1.165, 1.54) is 6.42 Å². The number of fused-ring (bicyclic) bond motifs is 1. The molecule has 1 atom stereocenters. The Balaban J connectivity index is 1.67. The summed E-state index contributed by atoms with van der Waals surface area (Å²) >= 11 is 0. The average Bonchev–Trinajstić information content (AvgIpc) is 3.39. The first-order valence-electron chi connectivity index (χ1n) is 9.45. The number of hydrogen-bond donors (Lipinski definition) is 0. The molecule has 1 saturated heterocycles. The molecule has 5 rings (SSSR count). The van der Waals surface area contributed by atoms with E-state index in [9.17, 15) is 0 Å². The monoisotopic (exact) mass is 346 g/mol. The van der Waals surface area contributed by atoms with Crippen molar-refractivity contribution < 1.29 is 4.74 Å². The quantitative estimate of drug-likeness (QED) is 0.649. The number of nitrogens with zero attached hydrogens (tertiary/aromatic N) is 4. The van der Waals surface area contributed by atoms with E-state index < -0.39 is 0 Å². The number of rotatable bonds is 3. The highest BCUT2D eigenvalue weighted by Gasteiger charge is 2.25. The third-order valence-corrected chi connectivity index (χ3v) is 5.38. The van der Waals surface area contributed by atoms with Gasteiger partial charge >= 0.3 is 0 Å². The second-order valence-electron chi connectivity index (χ2n) is 7.12. The van der Waals surface area contributed by atoms with Gasteiger partial charge in [0.1, 0.15) is 0 Å². The molecule has 1 fully saturated rings. The fourth-order valence-corrected chi connectivity index (χ4v) is 4.03. The molecule has 1 aliphatic carbocycles. The van der Waals surface area contributed by atoms with E-state index >= 15 is 0 Å². The van der Waals surface area contributed by atoms with Crippen LogP contribution in [0.15, 0.2) is 48.9 Å². The second kappa shape index (κ2) is 6.65. The lowest BCUT2D eigenvalue weighted by atomic mass is 9.99. The number of aromatic nitrogens is 4. The molecule has 0 amide bonds. The molecule has 0 aromatic carbocycles. The summed E-state index contributed by atoms with van der Waals surface area (Å²) in [4.78, 5) is 9.34. The van der Waals surface area contributed by atoms with Crippen LogP contribution in [0.3, 0.4) is 0 Å². The zero-order valence-electron chi connectivity index (χ0n) is 14.7. The molecule has 2 aliphatic rings. The zero-order chi connectivity index (χ0) is 17.3. The van der Waals surface area contributed by atoms with Crippen molar-refractivity contribution >= 4 is 10.9 Å². The molecule has 1 unspecified atom stereocenters. The normalized spacial score (nSPS) is 20.8. The summed E-state index contributed by atoms with van der Waals surface area (Å²) in [6.45, 7) is 0.813. The Labute approximate surface area is 152 Å². The van der Waals surface area contributed by atoms with Crippen molar-refractivity contribution in [3.8, 4) is 11.3 Å². The van der Waals surface area contributed by atoms with Crippen LogP contribution in [-0.4, -0.2) is 26.4 Å². The lowest BCUT2D eigenvalue weighted by Gasteiger charge is -2.24. The second-order valence-corrected chi connectivity index (χ2v) is 7.12. The van der Waals surface area contributed by atoms with Gasteiger partial charge in [0.05, 0.1) is 23.1 Å². The van der Waals surface area contributed by atoms with Crippen molar-refractivity contribution in [3.05, 3.63) is 54.6 Å². The molecule has 26 heavy (non-hydrogen) atoms. The van der Waals surface area contributed by atoms with Gasteiger partial charge in [-0.1, -0.05) is 12.2 Å². The maximum atomic E-state index is 6.01. The van der Waals surface area contributed by atoms with Crippen molar-refractivity contribution in [3.63, 3.8) is 0 Å². The molecule has 1 aliphatic heterocycles. The number of pyridine rings is 2. The Morgan fingerprint density at radius 2 is 2.04 bits per heavy atom. The minimum Gasteiger partial charge on any atom is -0.356 e. The van der Waals surface area contributed by atoms with E-state index in [0.717, 1.165) is 60.1 Å². The van der Waals surface area contributed by atoms with Gasteiger partial charge in [-0.15, -0.1) is 0 Å². The molecule has 0 radical (unpaired) electrons. The fourth-order valence-electron chi connectivity index (χ4n) is 4.03. The summed E-state index contributed by atoms with van der Waals surface area (Å²) in [6.07, 6.45) is 15.6. The maximum absolute atomic E-state index is 6.01. The van der Waals surface area contributed by atoms with Crippen molar-refractivity contribution in [1.29, 1.82) is 0 Å². The summed E-state index contributed by atoms with van der Waals surface area (Å²) in [6, 6.07) is 6.15. The van der Waals surface area contributed by atoms with Gasteiger partial charge in [0.2, 0.25) is 0 Å². The molecule has 3 aromatic heterocycles. The van der Waals surface area contributed by atoms with Crippen molar-refractivity contribution in [2.75, 3.05) is 6.61 Å². The highest BCUT2D eigenvalue weighted by molar-refractivity contribution is 5.85. The Kier molecular flexibility index (Phi) is 4.02. The third kappa shape index (κ3) is 2.72. The standard InChI is InChI=1S/C21H22N4O/c1-2-7-15(6-1)20-21-17(12-18(24-20)16-8-5-10-22-13-16)14-23-25(21)19-9-3-4-11-26-19/h1-2,5,8,10,12-15,19H,3-4,6-7,9,11H2. The Morgan fingerprint density at radius 1 is 1.12 bits per heavy atom. The lowest BCUT2D eigenvalue weighted by molar-refractivity contribution is -0.0367. The first-order chi connectivity index (χ1) is 12.9. The zero-order valence-corrected chi connectivity index (χ0v) is 14.7. The van der Waals surface area contributed by atoms with E-state index in [-0.39, 0.29) is 6.23 Å². The molecule has 4 heterocycles. The maximum Gasteiger partial charge on any atom is 0.150 e. The molecule has 0 saturated carbocycles. The predicted molar refractivity (Wildman–Crippen MR) is 101 cm³/mol. The van der Waals surface area contributed by atoms with Gasteiger partial charge in [-0.3, -0.25) is 9.97 Å². The van der Waals surface area contributed by atoms with Crippen LogP contribution in [0.1, 0.15) is 49.9 Å². The fraction of sp³-hybridized carbons (Fsp3) is 0.381. The number of ether oxygens (including phenoxy) is 1. The first-order valence-corrected chi connectivity index (χ1v) is 9.45. The van der Waals surface area contributed by atoms with Gasteiger partial charge in [-0.25, -0.2) is 4.68 Å². The van der Waals surface area contributed by atoms with Crippen molar-refractivity contribution in [2.45, 2.75) is 44.2 Å². The minimum atomic E-state index is 0.0282. The number of allylic oxidation sites excluding steroid dienone is 2. The van der Waals surface area contributed by atoms with E-state index in [0.29, 0.717) is 5.92 Å². The van der Waals surface area contributed by atoms with Gasteiger partial charge in [0.15, 0.2) is 6.23 Å². The molecule has 0 bridgehead atoms. The molecular formula is C21H22N4O. The van der Waals surface area contributed by atoms with Crippen molar-refractivity contribution in [1.82, 2.24) is 19.7 Å². The molecule has 5 nitrogen and oxygen atoms in total. The predicted octanol–water partition coefficient (Wildman–Crippen LogP) is 4.63. The lowest BCUT2D eigenvalue weighted by Crippen LogP contribution is -2.20. The Bertz CT molecular complexity index is 933. The van der Waals surface area contributed by atoms with Crippen LogP contribution in [0.25, 0.3) is 22.2 Å². The van der Waals surface area contributed by atoms with Crippen LogP contribution in [-0.2, 0) is 4.74 Å². The molecule has 0 spiro atoms. The number of hydrogen-bond acceptors (Lipinski definition) is 4. The van der Waals surface area contributed by atoms with Gasteiger partial charge < -0.3 is 4.74 Å². The van der Waals surface area contributed by atoms with E-state index in [4.69, 9.17) is 14.8 Å². The largest absolute Gasteiger partial charge is 0.356 e. The Hall–Kier alpha value is -2.53.